The molecule has 1 amide bonds. The molecule has 90 valence electrons. The lowest BCUT2D eigenvalue weighted by molar-refractivity contribution is -0.396. The summed E-state index contributed by atoms with van der Waals surface area (Å²) in [5, 5.41) is 2.92. The van der Waals surface area contributed by atoms with Crippen molar-refractivity contribution >= 4 is 27.5 Å². The number of carbonyl (C=O) groups excluding carboxylic acids is 1. The van der Waals surface area contributed by atoms with Crippen LogP contribution in [0.5, 0.6) is 0 Å². The summed E-state index contributed by atoms with van der Waals surface area (Å²) >= 11 is 0. The van der Waals surface area contributed by atoms with E-state index < -0.39 is 0 Å². The van der Waals surface area contributed by atoms with Gasteiger partial charge in [0.15, 0.2) is 6.04 Å². The molecule has 0 aliphatic carbocycles. The van der Waals surface area contributed by atoms with E-state index in [1.54, 1.807) is 21.6 Å². The van der Waals surface area contributed by atoms with Gasteiger partial charge in [-0.05, 0) is 6.42 Å². The highest BCUT2D eigenvalue weighted by Gasteiger charge is 2.16. The second kappa shape index (κ2) is 10.6. The molecule has 0 aromatic heterocycles. The van der Waals surface area contributed by atoms with Crippen LogP contribution in [0.25, 0.3) is 0 Å². The van der Waals surface area contributed by atoms with Gasteiger partial charge in [-0.15, -0.1) is 0 Å². The first-order valence-electron chi connectivity index (χ1n) is 5.57. The van der Waals surface area contributed by atoms with Gasteiger partial charge in [0.25, 0.3) is 5.91 Å². The lowest BCUT2D eigenvalue weighted by atomic mass is 10.2. The molecule has 15 heavy (non-hydrogen) atoms. The number of hydrogen-bond donors (Lipinski definition) is 2. The minimum atomic E-state index is -0.115. The average molecular weight is 251 g/mol. The Morgan fingerprint density at radius 3 is 2.67 bits per heavy atom. The Balaban J connectivity index is 3.42. The fourth-order valence-electron chi connectivity index (χ4n) is 1.02. The van der Waals surface area contributed by atoms with Gasteiger partial charge in [0, 0.05) is 12.3 Å². The van der Waals surface area contributed by atoms with Crippen LogP contribution in [0.2, 0.25) is 0 Å². The maximum Gasteiger partial charge on any atom is 0.279 e. The van der Waals surface area contributed by atoms with E-state index in [2.05, 4.69) is 24.9 Å². The Kier molecular flexibility index (Phi) is 10.7. The first-order valence-corrected chi connectivity index (χ1v) is 8.06. The molecule has 0 saturated carbocycles. The summed E-state index contributed by atoms with van der Waals surface area (Å²) in [7, 11) is 3.51. The predicted molar refractivity (Wildman–Crippen MR) is 69.8 cm³/mol. The molecule has 0 saturated heterocycles. The Labute approximate surface area is 101 Å². The zero-order valence-electron chi connectivity index (χ0n) is 9.75. The van der Waals surface area contributed by atoms with Gasteiger partial charge in [-0.3, -0.25) is 4.79 Å². The van der Waals surface area contributed by atoms with E-state index in [-0.39, 0.29) is 11.9 Å². The molecule has 1 atom stereocenters. The molecular weight excluding hydrogens is 228 g/mol. The molecule has 5 heteroatoms. The van der Waals surface area contributed by atoms with E-state index in [1.807, 2.05) is 0 Å². The van der Waals surface area contributed by atoms with E-state index in [4.69, 9.17) is 0 Å². The molecule has 0 bridgehead atoms. The summed E-state index contributed by atoms with van der Waals surface area (Å²) in [6, 6.07) is -0.115. The number of nitrogens with one attached hydrogen (secondary N) is 1. The van der Waals surface area contributed by atoms with Crippen LogP contribution in [0, 0.1) is 0 Å². The van der Waals surface area contributed by atoms with Crippen LogP contribution >= 0.6 is 21.6 Å². The van der Waals surface area contributed by atoms with Crippen molar-refractivity contribution in [3.8, 4) is 0 Å². The van der Waals surface area contributed by atoms with Crippen LogP contribution in [-0.4, -0.2) is 30.0 Å². The third-order valence-corrected chi connectivity index (χ3v) is 4.48. The summed E-state index contributed by atoms with van der Waals surface area (Å²) in [6.07, 6.45) is 3.45. The van der Waals surface area contributed by atoms with E-state index in [9.17, 15) is 4.79 Å². The number of rotatable bonds is 9. The Morgan fingerprint density at radius 1 is 1.33 bits per heavy atom. The lowest BCUT2D eigenvalue weighted by Gasteiger charge is -2.08. The predicted octanol–water partition coefficient (Wildman–Crippen LogP) is 1.30. The van der Waals surface area contributed by atoms with Gasteiger partial charge in [-0.1, -0.05) is 48.3 Å². The molecule has 0 aliphatic heterocycles. The normalized spacial score (nSPS) is 12.5. The molecule has 0 fully saturated rings. The van der Waals surface area contributed by atoms with Gasteiger partial charge in [-0.2, -0.15) is 0 Å². The van der Waals surface area contributed by atoms with Gasteiger partial charge in [0.1, 0.15) is 0 Å². The third-order valence-electron chi connectivity index (χ3n) is 1.92. The summed E-state index contributed by atoms with van der Waals surface area (Å²) in [4.78, 5) is 11.5. The molecule has 4 N–H and O–H groups in total. The van der Waals surface area contributed by atoms with E-state index in [1.165, 1.54) is 12.8 Å². The standard InChI is InChI=1S/C10H22N2OS2/c1-3-5-6-7-12-10(13)9(11)8-15-14-4-2/h9H,3-8,11H2,1-2H3,(H,12,13)/p+1. The quantitative estimate of drug-likeness (QED) is 0.480. The van der Waals surface area contributed by atoms with E-state index in [0.717, 1.165) is 24.5 Å². The highest BCUT2D eigenvalue weighted by Crippen LogP contribution is 2.20. The van der Waals surface area contributed by atoms with Crippen LogP contribution in [0.15, 0.2) is 0 Å². The highest BCUT2D eigenvalue weighted by atomic mass is 33.1. The van der Waals surface area contributed by atoms with Crippen LogP contribution in [0.3, 0.4) is 0 Å². The number of quaternary nitrogens is 1. The summed E-state index contributed by atoms with van der Waals surface area (Å²) < 4.78 is 0. The van der Waals surface area contributed by atoms with Crippen LogP contribution in [0.1, 0.15) is 33.1 Å². The molecule has 1 unspecified atom stereocenters. The maximum absolute atomic E-state index is 11.5. The molecule has 0 aliphatic rings. The van der Waals surface area contributed by atoms with Gasteiger partial charge >= 0.3 is 0 Å². The second-order valence-electron chi connectivity index (χ2n) is 3.39. The number of carbonyl (C=O) groups is 1. The second-order valence-corrected chi connectivity index (χ2v) is 6.18. The highest BCUT2D eigenvalue weighted by molar-refractivity contribution is 8.76. The number of amides is 1. The SMILES string of the molecule is CCCCCNC(=O)C([NH3+])CSSCC. The summed E-state index contributed by atoms with van der Waals surface area (Å²) in [5.41, 5.74) is 3.86. The molecule has 0 aromatic carbocycles. The minimum absolute atomic E-state index is 0.0929. The van der Waals surface area contributed by atoms with Gasteiger partial charge < -0.3 is 11.1 Å². The number of unbranched alkanes of at least 4 members (excludes halogenated alkanes) is 2. The topological polar surface area (TPSA) is 56.7 Å². The average Bonchev–Trinajstić information content (AvgIpc) is 2.24. The molecule has 0 rings (SSSR count). The van der Waals surface area contributed by atoms with Gasteiger partial charge in [-0.25, -0.2) is 0 Å². The van der Waals surface area contributed by atoms with Crippen molar-refractivity contribution in [3.63, 3.8) is 0 Å². The fraction of sp³-hybridized carbons (Fsp3) is 0.900. The van der Waals surface area contributed by atoms with Gasteiger partial charge in [0.05, 0.1) is 5.75 Å². The monoisotopic (exact) mass is 251 g/mol. The van der Waals surface area contributed by atoms with Crippen molar-refractivity contribution in [3.05, 3.63) is 0 Å². The maximum atomic E-state index is 11.5. The fourth-order valence-corrected chi connectivity index (χ4v) is 2.88. The van der Waals surface area contributed by atoms with E-state index >= 15 is 0 Å². The smallest absolute Gasteiger partial charge is 0.279 e. The van der Waals surface area contributed by atoms with Crippen LogP contribution in [0.4, 0.5) is 0 Å². The molecule has 0 radical (unpaired) electrons. The van der Waals surface area contributed by atoms with Crippen molar-refractivity contribution in [1.29, 1.82) is 0 Å². The van der Waals surface area contributed by atoms with Crippen molar-refractivity contribution in [1.82, 2.24) is 5.32 Å². The van der Waals surface area contributed by atoms with Crippen LogP contribution in [-0.2, 0) is 4.79 Å². The molecule has 0 heterocycles. The first kappa shape index (κ1) is 15.1. The Hall–Kier alpha value is 0.130. The van der Waals surface area contributed by atoms with Gasteiger partial charge in [0.2, 0.25) is 0 Å². The molecule has 0 spiro atoms. The zero-order chi connectivity index (χ0) is 11.5. The first-order chi connectivity index (χ1) is 7.22. The third kappa shape index (κ3) is 9.08. The number of hydrogen-bond acceptors (Lipinski definition) is 3. The summed E-state index contributed by atoms with van der Waals surface area (Å²) in [5.74, 6) is 1.98. The zero-order valence-corrected chi connectivity index (χ0v) is 11.4. The Bertz CT molecular complexity index is 168. The molecule has 3 nitrogen and oxygen atoms in total. The lowest BCUT2D eigenvalue weighted by Crippen LogP contribution is -2.68. The minimum Gasteiger partial charge on any atom is -0.351 e. The summed E-state index contributed by atoms with van der Waals surface area (Å²) in [6.45, 7) is 5.06. The van der Waals surface area contributed by atoms with Crippen LogP contribution < -0.4 is 11.1 Å². The molecule has 0 aromatic rings. The van der Waals surface area contributed by atoms with Crippen molar-refractivity contribution in [2.24, 2.45) is 0 Å². The van der Waals surface area contributed by atoms with E-state index in [0.29, 0.717) is 0 Å². The van der Waals surface area contributed by atoms with Crippen molar-refractivity contribution < 1.29 is 10.5 Å². The van der Waals surface area contributed by atoms with Crippen molar-refractivity contribution in [2.45, 2.75) is 39.2 Å². The molecular formula is C10H23N2OS2+. The Morgan fingerprint density at radius 2 is 2.07 bits per heavy atom. The van der Waals surface area contributed by atoms with Crippen molar-refractivity contribution in [2.75, 3.05) is 18.1 Å². The largest absolute Gasteiger partial charge is 0.351 e.